The number of hydrogen-bond donors (Lipinski definition) is 0. The van der Waals surface area contributed by atoms with Gasteiger partial charge in [-0.15, -0.1) is 0 Å². The number of hydrogen-bond acceptors (Lipinski definition) is 3. The highest BCUT2D eigenvalue weighted by Crippen LogP contribution is 2.32. The summed E-state index contributed by atoms with van der Waals surface area (Å²) in [6, 6.07) is 3.91. The first kappa shape index (κ1) is 15.3. The molecule has 0 atom stereocenters. The van der Waals surface area contributed by atoms with Crippen LogP contribution in [-0.2, 0) is 0 Å². The number of anilines is 1. The fourth-order valence-electron chi connectivity index (χ4n) is 3.03. The number of rotatable bonds is 5. The van der Waals surface area contributed by atoms with Gasteiger partial charge in [-0.2, -0.15) is 0 Å². The van der Waals surface area contributed by atoms with Gasteiger partial charge in [0, 0.05) is 32.9 Å². The van der Waals surface area contributed by atoms with Crippen LogP contribution in [0.3, 0.4) is 0 Å². The van der Waals surface area contributed by atoms with Crippen LogP contribution >= 0.6 is 0 Å². The molecule has 1 aliphatic carbocycles. The minimum atomic E-state index is 0.131. The van der Waals surface area contributed by atoms with E-state index in [9.17, 15) is 4.79 Å². The zero-order valence-corrected chi connectivity index (χ0v) is 13.8. The lowest BCUT2D eigenvalue weighted by molar-refractivity contribution is 0.0697. The Hall–Kier alpha value is -1.58. The van der Waals surface area contributed by atoms with Crippen LogP contribution in [0.15, 0.2) is 18.3 Å². The van der Waals surface area contributed by atoms with Gasteiger partial charge < -0.3 is 9.80 Å². The van der Waals surface area contributed by atoms with E-state index in [1.54, 1.807) is 6.20 Å². The minimum absolute atomic E-state index is 0.131. The summed E-state index contributed by atoms with van der Waals surface area (Å²) in [5, 5.41) is 0. The normalized spacial score (nSPS) is 19.3. The van der Waals surface area contributed by atoms with Gasteiger partial charge in [0.15, 0.2) is 0 Å². The molecule has 1 saturated carbocycles. The van der Waals surface area contributed by atoms with Gasteiger partial charge in [0.05, 0.1) is 5.56 Å². The number of carbonyl (C=O) groups is 1. The van der Waals surface area contributed by atoms with Crippen molar-refractivity contribution < 1.29 is 4.79 Å². The Balaban J connectivity index is 1.56. The van der Waals surface area contributed by atoms with Crippen LogP contribution in [0, 0.1) is 11.8 Å². The molecule has 1 aromatic heterocycles. The van der Waals surface area contributed by atoms with Gasteiger partial charge in [-0.1, -0.05) is 19.8 Å². The maximum atomic E-state index is 12.5. The molecule has 0 bridgehead atoms. The van der Waals surface area contributed by atoms with E-state index in [0.717, 1.165) is 50.1 Å². The second-order valence-electron chi connectivity index (χ2n) is 7.03. The molecule has 3 rings (SSSR count). The van der Waals surface area contributed by atoms with Crippen LogP contribution in [0.25, 0.3) is 0 Å². The number of piperidine rings is 1. The summed E-state index contributed by atoms with van der Waals surface area (Å²) in [6.07, 6.45) is 8.00. The molecule has 1 aliphatic heterocycles. The second kappa shape index (κ2) is 6.67. The van der Waals surface area contributed by atoms with E-state index in [0.29, 0.717) is 5.56 Å². The highest BCUT2D eigenvalue weighted by atomic mass is 16.2. The molecule has 1 aromatic rings. The first-order valence-electron chi connectivity index (χ1n) is 8.60. The molecule has 0 radical (unpaired) electrons. The summed E-state index contributed by atoms with van der Waals surface area (Å²) in [5.41, 5.74) is 0.717. The van der Waals surface area contributed by atoms with Crippen molar-refractivity contribution >= 4 is 11.7 Å². The quantitative estimate of drug-likeness (QED) is 0.838. The van der Waals surface area contributed by atoms with Gasteiger partial charge in [-0.05, 0) is 43.2 Å². The van der Waals surface area contributed by atoms with Crippen LogP contribution in [0.5, 0.6) is 0 Å². The Labute approximate surface area is 133 Å². The van der Waals surface area contributed by atoms with E-state index in [1.807, 2.05) is 17.0 Å². The van der Waals surface area contributed by atoms with Crippen molar-refractivity contribution in [2.24, 2.45) is 11.8 Å². The summed E-state index contributed by atoms with van der Waals surface area (Å²) in [6.45, 7) is 5.07. The number of aromatic nitrogens is 1. The lowest BCUT2D eigenvalue weighted by Crippen LogP contribution is -2.38. The van der Waals surface area contributed by atoms with Gasteiger partial charge in [0.2, 0.25) is 0 Å². The number of amides is 1. The van der Waals surface area contributed by atoms with Crippen molar-refractivity contribution in [1.29, 1.82) is 0 Å². The van der Waals surface area contributed by atoms with Gasteiger partial charge >= 0.3 is 0 Å². The zero-order valence-electron chi connectivity index (χ0n) is 13.8. The van der Waals surface area contributed by atoms with Crippen LogP contribution in [0.4, 0.5) is 5.82 Å². The summed E-state index contributed by atoms with van der Waals surface area (Å²) in [5.74, 6) is 2.77. The zero-order chi connectivity index (χ0) is 15.5. The average molecular weight is 301 g/mol. The van der Waals surface area contributed by atoms with Crippen LogP contribution in [0.1, 0.15) is 49.4 Å². The van der Waals surface area contributed by atoms with E-state index in [1.165, 1.54) is 19.3 Å². The standard InChI is InChI=1S/C18H27N3O/c1-14-7-11-21(12-8-14)18(22)16-5-6-17(19-13-16)20(2)10-9-15-3-4-15/h5-6,13-15H,3-4,7-12H2,1-2H3. The molecule has 2 heterocycles. The summed E-state index contributed by atoms with van der Waals surface area (Å²) in [4.78, 5) is 21.1. The fraction of sp³-hybridized carbons (Fsp3) is 0.667. The second-order valence-corrected chi connectivity index (χ2v) is 7.03. The number of carbonyl (C=O) groups excluding carboxylic acids is 1. The molecule has 2 aliphatic rings. The van der Waals surface area contributed by atoms with Crippen LogP contribution in [-0.4, -0.2) is 42.5 Å². The molecule has 4 heteroatoms. The predicted octanol–water partition coefficient (Wildman–Crippen LogP) is 3.19. The van der Waals surface area contributed by atoms with Gasteiger partial charge in [-0.3, -0.25) is 4.79 Å². The topological polar surface area (TPSA) is 36.4 Å². The molecule has 1 amide bonds. The van der Waals surface area contributed by atoms with Crippen molar-refractivity contribution in [3.8, 4) is 0 Å². The maximum absolute atomic E-state index is 12.5. The van der Waals surface area contributed by atoms with E-state index >= 15 is 0 Å². The van der Waals surface area contributed by atoms with Crippen molar-refractivity contribution in [3.05, 3.63) is 23.9 Å². The van der Waals surface area contributed by atoms with E-state index < -0.39 is 0 Å². The van der Waals surface area contributed by atoms with E-state index in [4.69, 9.17) is 0 Å². The molecular formula is C18H27N3O. The molecule has 22 heavy (non-hydrogen) atoms. The van der Waals surface area contributed by atoms with Crippen LogP contribution in [0.2, 0.25) is 0 Å². The average Bonchev–Trinajstić information content (AvgIpc) is 3.37. The van der Waals surface area contributed by atoms with Gasteiger partial charge in [0.1, 0.15) is 5.82 Å². The Morgan fingerprint density at radius 1 is 1.27 bits per heavy atom. The smallest absolute Gasteiger partial charge is 0.255 e. The van der Waals surface area contributed by atoms with Crippen molar-refractivity contribution in [3.63, 3.8) is 0 Å². The third kappa shape index (κ3) is 3.79. The summed E-state index contributed by atoms with van der Waals surface area (Å²) >= 11 is 0. The summed E-state index contributed by atoms with van der Waals surface area (Å²) < 4.78 is 0. The van der Waals surface area contributed by atoms with Crippen molar-refractivity contribution in [1.82, 2.24) is 9.88 Å². The molecule has 0 aromatic carbocycles. The number of likely N-dealkylation sites (tertiary alicyclic amines) is 1. The van der Waals surface area contributed by atoms with Gasteiger partial charge in [0.25, 0.3) is 5.91 Å². The molecule has 2 fully saturated rings. The third-order valence-electron chi connectivity index (χ3n) is 5.03. The van der Waals surface area contributed by atoms with E-state index in [-0.39, 0.29) is 5.91 Å². The minimum Gasteiger partial charge on any atom is -0.360 e. The van der Waals surface area contributed by atoms with E-state index in [2.05, 4.69) is 23.9 Å². The number of pyridine rings is 1. The molecule has 0 N–H and O–H groups in total. The largest absolute Gasteiger partial charge is 0.360 e. The van der Waals surface area contributed by atoms with Crippen LogP contribution < -0.4 is 4.90 Å². The monoisotopic (exact) mass is 301 g/mol. The number of nitrogens with zero attached hydrogens (tertiary/aromatic N) is 3. The highest BCUT2D eigenvalue weighted by molar-refractivity contribution is 5.94. The van der Waals surface area contributed by atoms with Crippen molar-refractivity contribution in [2.75, 3.05) is 31.6 Å². The predicted molar refractivity (Wildman–Crippen MR) is 89.1 cm³/mol. The summed E-state index contributed by atoms with van der Waals surface area (Å²) in [7, 11) is 2.08. The Kier molecular flexibility index (Phi) is 4.65. The third-order valence-corrected chi connectivity index (χ3v) is 5.03. The molecule has 4 nitrogen and oxygen atoms in total. The lowest BCUT2D eigenvalue weighted by atomic mass is 9.99. The van der Waals surface area contributed by atoms with Crippen molar-refractivity contribution in [2.45, 2.75) is 39.0 Å². The Morgan fingerprint density at radius 2 is 2.00 bits per heavy atom. The lowest BCUT2D eigenvalue weighted by Gasteiger charge is -2.30. The molecular weight excluding hydrogens is 274 g/mol. The molecule has 0 unspecified atom stereocenters. The molecule has 1 saturated heterocycles. The maximum Gasteiger partial charge on any atom is 0.255 e. The Morgan fingerprint density at radius 3 is 2.59 bits per heavy atom. The molecule has 120 valence electrons. The highest BCUT2D eigenvalue weighted by Gasteiger charge is 2.23. The Bertz CT molecular complexity index is 502. The first-order valence-corrected chi connectivity index (χ1v) is 8.60. The molecule has 0 spiro atoms. The fourth-order valence-corrected chi connectivity index (χ4v) is 3.03. The van der Waals surface area contributed by atoms with Gasteiger partial charge in [-0.25, -0.2) is 4.98 Å². The SMILES string of the molecule is CC1CCN(C(=O)c2ccc(N(C)CCC3CC3)nc2)CC1. The first-order chi connectivity index (χ1) is 10.6.